The molecule has 6 nitrogen and oxygen atoms in total. The van der Waals surface area contributed by atoms with E-state index in [-0.39, 0.29) is 25.0 Å². The number of para-hydroxylation sites is 1. The van der Waals surface area contributed by atoms with E-state index in [1.165, 1.54) is 4.90 Å². The van der Waals surface area contributed by atoms with Crippen LogP contribution in [0.25, 0.3) is 0 Å². The Bertz CT molecular complexity index is 589. The summed E-state index contributed by atoms with van der Waals surface area (Å²) in [6.45, 7) is 2.02. The van der Waals surface area contributed by atoms with Crippen LogP contribution >= 0.6 is 0 Å². The van der Waals surface area contributed by atoms with E-state index in [1.54, 1.807) is 4.90 Å². The Kier molecular flexibility index (Phi) is 3.33. The highest BCUT2D eigenvalue weighted by atomic mass is 16.4. The SMILES string of the molecule is CC1Cc2ccccc2N1C(=O)N1CC(O)C[C@H]1C(=O)O. The van der Waals surface area contributed by atoms with Gasteiger partial charge in [0.15, 0.2) is 0 Å². The maximum Gasteiger partial charge on any atom is 0.326 e. The van der Waals surface area contributed by atoms with Gasteiger partial charge in [-0.15, -0.1) is 0 Å². The fourth-order valence-corrected chi connectivity index (χ4v) is 3.25. The van der Waals surface area contributed by atoms with Crippen LogP contribution in [0.1, 0.15) is 18.9 Å². The van der Waals surface area contributed by atoms with Crippen LogP contribution in [0.5, 0.6) is 0 Å². The first kappa shape index (κ1) is 13.9. The number of aliphatic carboxylic acids is 1. The maximum atomic E-state index is 12.8. The van der Waals surface area contributed by atoms with Gasteiger partial charge < -0.3 is 15.1 Å². The first-order valence-corrected chi connectivity index (χ1v) is 7.07. The summed E-state index contributed by atoms with van der Waals surface area (Å²) in [6.07, 6.45) is 0.0734. The molecule has 2 heterocycles. The number of nitrogens with zero attached hydrogens (tertiary/aromatic N) is 2. The van der Waals surface area contributed by atoms with Gasteiger partial charge in [-0.2, -0.15) is 0 Å². The van der Waals surface area contributed by atoms with Crippen molar-refractivity contribution in [3.05, 3.63) is 29.8 Å². The standard InChI is InChI=1S/C15H18N2O4/c1-9-6-10-4-2-3-5-12(10)17(9)15(21)16-8-11(18)7-13(16)14(19)20/h2-5,9,11,13,18H,6-8H2,1H3,(H,19,20)/t9?,11?,13-/m0/s1. The molecule has 3 atom stereocenters. The fraction of sp³-hybridized carbons (Fsp3) is 0.467. The average Bonchev–Trinajstić information content (AvgIpc) is 2.97. The number of likely N-dealkylation sites (tertiary alicyclic amines) is 1. The minimum Gasteiger partial charge on any atom is -0.480 e. The van der Waals surface area contributed by atoms with E-state index < -0.39 is 18.1 Å². The molecule has 1 saturated heterocycles. The molecule has 2 unspecified atom stereocenters. The molecule has 1 aromatic rings. The molecule has 6 heteroatoms. The van der Waals surface area contributed by atoms with Gasteiger partial charge in [0.2, 0.25) is 0 Å². The van der Waals surface area contributed by atoms with E-state index in [0.717, 1.165) is 17.7 Å². The summed E-state index contributed by atoms with van der Waals surface area (Å²) in [5.41, 5.74) is 1.92. The lowest BCUT2D eigenvalue weighted by Crippen LogP contribution is -2.50. The number of amides is 2. The summed E-state index contributed by atoms with van der Waals surface area (Å²) in [5, 5.41) is 18.9. The molecule has 0 radical (unpaired) electrons. The number of aliphatic hydroxyl groups excluding tert-OH is 1. The lowest BCUT2D eigenvalue weighted by atomic mass is 10.1. The number of carboxylic acids is 1. The maximum absolute atomic E-state index is 12.8. The number of carbonyl (C=O) groups is 2. The molecule has 0 aromatic heterocycles. The molecule has 2 aliphatic rings. The molecule has 2 N–H and O–H groups in total. The summed E-state index contributed by atoms with van der Waals surface area (Å²) in [4.78, 5) is 27.0. The highest BCUT2D eigenvalue weighted by Crippen LogP contribution is 2.34. The molecular formula is C15H18N2O4. The van der Waals surface area contributed by atoms with Crippen molar-refractivity contribution in [1.82, 2.24) is 4.90 Å². The van der Waals surface area contributed by atoms with Crippen LogP contribution in [0.4, 0.5) is 10.5 Å². The lowest BCUT2D eigenvalue weighted by molar-refractivity contribution is -0.141. The smallest absolute Gasteiger partial charge is 0.326 e. The van der Waals surface area contributed by atoms with Crippen LogP contribution in [0.15, 0.2) is 24.3 Å². The monoisotopic (exact) mass is 290 g/mol. The zero-order valence-corrected chi connectivity index (χ0v) is 11.8. The van der Waals surface area contributed by atoms with Crippen molar-refractivity contribution in [1.29, 1.82) is 0 Å². The minimum absolute atomic E-state index is 0.0120. The Balaban J connectivity index is 1.90. The Morgan fingerprint density at radius 2 is 2.00 bits per heavy atom. The Morgan fingerprint density at radius 3 is 2.71 bits per heavy atom. The highest BCUT2D eigenvalue weighted by Gasteiger charge is 2.43. The van der Waals surface area contributed by atoms with E-state index in [1.807, 2.05) is 31.2 Å². The largest absolute Gasteiger partial charge is 0.480 e. The molecular weight excluding hydrogens is 272 g/mol. The molecule has 0 bridgehead atoms. The van der Waals surface area contributed by atoms with Crippen molar-refractivity contribution < 1.29 is 19.8 Å². The Labute approximate surface area is 122 Å². The Hall–Kier alpha value is -2.08. The van der Waals surface area contributed by atoms with Gasteiger partial charge in [0.25, 0.3) is 0 Å². The van der Waals surface area contributed by atoms with Crippen molar-refractivity contribution in [2.45, 2.75) is 38.0 Å². The van der Waals surface area contributed by atoms with Crippen LogP contribution in [0.3, 0.4) is 0 Å². The minimum atomic E-state index is -1.07. The van der Waals surface area contributed by atoms with Crippen molar-refractivity contribution in [3.8, 4) is 0 Å². The molecule has 2 aliphatic heterocycles. The molecule has 0 aliphatic carbocycles. The second kappa shape index (κ2) is 5.04. The second-order valence-electron chi connectivity index (χ2n) is 5.73. The van der Waals surface area contributed by atoms with Gasteiger partial charge in [0.1, 0.15) is 6.04 Å². The van der Waals surface area contributed by atoms with Gasteiger partial charge in [-0.25, -0.2) is 9.59 Å². The summed E-state index contributed by atoms with van der Waals surface area (Å²) in [7, 11) is 0. The number of hydrogen-bond donors (Lipinski definition) is 2. The normalized spacial score (nSPS) is 27.8. The number of benzene rings is 1. The number of β-amino-alcohol motifs (C(OH)–C–C–N with tert-alkyl or cyclic N) is 1. The van der Waals surface area contributed by atoms with Crippen LogP contribution in [0, 0.1) is 0 Å². The van der Waals surface area contributed by atoms with Crippen molar-refractivity contribution in [3.63, 3.8) is 0 Å². The third-order valence-corrected chi connectivity index (χ3v) is 4.22. The summed E-state index contributed by atoms with van der Waals surface area (Å²) in [5.74, 6) is -1.07. The molecule has 1 aromatic carbocycles. The van der Waals surface area contributed by atoms with E-state index in [9.17, 15) is 19.8 Å². The molecule has 3 rings (SSSR count). The summed E-state index contributed by atoms with van der Waals surface area (Å²) >= 11 is 0. The number of rotatable bonds is 1. The van der Waals surface area contributed by atoms with Crippen LogP contribution in [-0.4, -0.2) is 51.8 Å². The first-order chi connectivity index (χ1) is 9.99. The summed E-state index contributed by atoms with van der Waals surface area (Å²) < 4.78 is 0. The number of urea groups is 1. The molecule has 21 heavy (non-hydrogen) atoms. The molecule has 2 amide bonds. The van der Waals surface area contributed by atoms with Gasteiger partial charge in [-0.05, 0) is 25.0 Å². The van der Waals surface area contributed by atoms with Crippen LogP contribution in [0.2, 0.25) is 0 Å². The van der Waals surface area contributed by atoms with E-state index in [4.69, 9.17) is 0 Å². The van der Waals surface area contributed by atoms with Crippen LogP contribution in [-0.2, 0) is 11.2 Å². The average molecular weight is 290 g/mol. The predicted octanol–water partition coefficient (Wildman–Crippen LogP) is 1.08. The third-order valence-electron chi connectivity index (χ3n) is 4.22. The molecule has 0 spiro atoms. The van der Waals surface area contributed by atoms with Crippen molar-refractivity contribution >= 4 is 17.7 Å². The zero-order chi connectivity index (χ0) is 15.1. The number of fused-ring (bicyclic) bond motifs is 1. The lowest BCUT2D eigenvalue weighted by Gasteiger charge is -2.30. The van der Waals surface area contributed by atoms with Crippen molar-refractivity contribution in [2.24, 2.45) is 0 Å². The number of hydrogen-bond acceptors (Lipinski definition) is 3. The van der Waals surface area contributed by atoms with E-state index in [2.05, 4.69) is 0 Å². The zero-order valence-electron chi connectivity index (χ0n) is 11.8. The molecule has 112 valence electrons. The van der Waals surface area contributed by atoms with Gasteiger partial charge in [-0.3, -0.25) is 4.90 Å². The number of carbonyl (C=O) groups excluding carboxylic acids is 1. The highest BCUT2D eigenvalue weighted by molar-refractivity contribution is 5.97. The van der Waals surface area contributed by atoms with Gasteiger partial charge in [-0.1, -0.05) is 18.2 Å². The van der Waals surface area contributed by atoms with Gasteiger partial charge >= 0.3 is 12.0 Å². The summed E-state index contributed by atoms with van der Waals surface area (Å²) in [6, 6.07) is 6.35. The predicted molar refractivity (Wildman–Crippen MR) is 76.2 cm³/mol. The topological polar surface area (TPSA) is 81.1 Å². The number of aliphatic hydroxyl groups is 1. The van der Waals surface area contributed by atoms with Crippen LogP contribution < -0.4 is 4.90 Å². The number of carboxylic acid groups (broad SMARTS) is 1. The fourth-order valence-electron chi connectivity index (χ4n) is 3.25. The van der Waals surface area contributed by atoms with E-state index in [0.29, 0.717) is 0 Å². The Morgan fingerprint density at radius 1 is 1.29 bits per heavy atom. The quantitative estimate of drug-likeness (QED) is 0.811. The van der Waals surface area contributed by atoms with Crippen molar-refractivity contribution in [2.75, 3.05) is 11.4 Å². The van der Waals surface area contributed by atoms with Gasteiger partial charge in [0, 0.05) is 24.7 Å². The second-order valence-corrected chi connectivity index (χ2v) is 5.73. The number of anilines is 1. The molecule has 0 saturated carbocycles. The van der Waals surface area contributed by atoms with E-state index >= 15 is 0 Å². The first-order valence-electron chi connectivity index (χ1n) is 7.07. The van der Waals surface area contributed by atoms with Gasteiger partial charge in [0.05, 0.1) is 6.10 Å². The third kappa shape index (κ3) is 2.25. The molecule has 1 fully saturated rings.